The van der Waals surface area contributed by atoms with Gasteiger partial charge in [0.1, 0.15) is 29.0 Å². The molecule has 0 aliphatic heterocycles. The van der Waals surface area contributed by atoms with Gasteiger partial charge >= 0.3 is 0 Å². The zero-order valence-electron chi connectivity index (χ0n) is 14.2. The molecule has 0 radical (unpaired) electrons. The summed E-state index contributed by atoms with van der Waals surface area (Å²) in [6.07, 6.45) is 1.50. The minimum Gasteiger partial charge on any atom is -0.508 e. The third-order valence-corrected chi connectivity index (χ3v) is 4.06. The molecule has 3 aromatic carbocycles. The van der Waals surface area contributed by atoms with Crippen molar-refractivity contribution < 1.29 is 20.1 Å². The lowest BCUT2D eigenvalue weighted by molar-refractivity contribution is 0.412. The lowest BCUT2D eigenvalue weighted by Gasteiger charge is -2.16. The minimum absolute atomic E-state index is 0.0582. The summed E-state index contributed by atoms with van der Waals surface area (Å²) < 4.78 is 5.17. The lowest BCUT2D eigenvalue weighted by atomic mass is 9.97. The Morgan fingerprint density at radius 2 is 1.38 bits per heavy atom. The number of para-hydroxylation sites is 2. The molecular formula is C21H19NO4. The number of nitrogens with zero attached hydrogens (tertiary/aromatic N) is 1. The molecule has 5 heteroatoms. The number of hydrogen-bond donors (Lipinski definition) is 3. The average molecular weight is 349 g/mol. The van der Waals surface area contributed by atoms with Gasteiger partial charge in [-0.3, -0.25) is 4.99 Å². The second-order valence-electron chi connectivity index (χ2n) is 5.72. The smallest absolute Gasteiger partial charge is 0.124 e. The highest BCUT2D eigenvalue weighted by atomic mass is 16.5. The molecule has 26 heavy (non-hydrogen) atoms. The van der Waals surface area contributed by atoms with E-state index in [2.05, 4.69) is 4.99 Å². The molecule has 0 saturated heterocycles. The second-order valence-corrected chi connectivity index (χ2v) is 5.72. The van der Waals surface area contributed by atoms with E-state index in [0.717, 1.165) is 0 Å². The molecular weight excluding hydrogens is 330 g/mol. The van der Waals surface area contributed by atoms with Gasteiger partial charge < -0.3 is 20.1 Å². The summed E-state index contributed by atoms with van der Waals surface area (Å²) in [6, 6.07) is 17.9. The van der Waals surface area contributed by atoms with Crippen LogP contribution >= 0.6 is 0 Å². The molecule has 0 bridgehead atoms. The topological polar surface area (TPSA) is 82.3 Å². The van der Waals surface area contributed by atoms with Crippen LogP contribution in [0.15, 0.2) is 71.7 Å². The van der Waals surface area contributed by atoms with Crippen molar-refractivity contribution in [1.29, 1.82) is 0 Å². The number of phenolic OH excluding ortho intramolecular Hbond substituents is 3. The SMILES string of the molecule is COc1ccc(O)c(/C=N/C(c2ccccc2O)c2ccccc2O)c1. The van der Waals surface area contributed by atoms with Gasteiger partial charge in [0.05, 0.1) is 7.11 Å². The van der Waals surface area contributed by atoms with Crippen LogP contribution < -0.4 is 4.74 Å². The third kappa shape index (κ3) is 3.62. The van der Waals surface area contributed by atoms with E-state index in [1.54, 1.807) is 67.8 Å². The van der Waals surface area contributed by atoms with Crippen LogP contribution in [0.2, 0.25) is 0 Å². The predicted molar refractivity (Wildman–Crippen MR) is 100 cm³/mol. The predicted octanol–water partition coefficient (Wildman–Crippen LogP) is 4.02. The van der Waals surface area contributed by atoms with Crippen molar-refractivity contribution in [2.75, 3.05) is 7.11 Å². The molecule has 3 N–H and O–H groups in total. The normalized spacial score (nSPS) is 11.2. The Bertz CT molecular complexity index is 891. The van der Waals surface area contributed by atoms with Crippen molar-refractivity contribution in [2.24, 2.45) is 4.99 Å². The van der Waals surface area contributed by atoms with Crippen LogP contribution in [0.3, 0.4) is 0 Å². The Balaban J connectivity index is 2.08. The van der Waals surface area contributed by atoms with Crippen LogP contribution in [-0.4, -0.2) is 28.6 Å². The summed E-state index contributed by atoms with van der Waals surface area (Å²) in [5.41, 5.74) is 1.57. The molecule has 0 aromatic heterocycles. The number of ether oxygens (including phenoxy) is 1. The zero-order chi connectivity index (χ0) is 18.5. The van der Waals surface area contributed by atoms with Crippen LogP contribution in [0.4, 0.5) is 0 Å². The maximum absolute atomic E-state index is 10.2. The fourth-order valence-corrected chi connectivity index (χ4v) is 2.68. The molecule has 0 spiro atoms. The van der Waals surface area contributed by atoms with Gasteiger partial charge in [0.2, 0.25) is 0 Å². The first kappa shape index (κ1) is 17.4. The monoisotopic (exact) mass is 349 g/mol. The number of methoxy groups -OCH3 is 1. The average Bonchev–Trinajstić information content (AvgIpc) is 2.65. The first-order valence-electron chi connectivity index (χ1n) is 8.06. The number of aliphatic imine (C=N–C) groups is 1. The molecule has 3 rings (SSSR count). The molecule has 0 fully saturated rings. The van der Waals surface area contributed by atoms with E-state index in [4.69, 9.17) is 4.74 Å². The summed E-state index contributed by atoms with van der Waals surface area (Å²) in [5.74, 6) is 0.800. The van der Waals surface area contributed by atoms with Crippen molar-refractivity contribution in [3.05, 3.63) is 83.4 Å². The van der Waals surface area contributed by atoms with Gasteiger partial charge in [-0.2, -0.15) is 0 Å². The molecule has 0 heterocycles. The van der Waals surface area contributed by atoms with Crippen LogP contribution in [0.25, 0.3) is 0 Å². The van der Waals surface area contributed by atoms with E-state index in [1.165, 1.54) is 12.3 Å². The van der Waals surface area contributed by atoms with E-state index in [9.17, 15) is 15.3 Å². The maximum Gasteiger partial charge on any atom is 0.124 e. The summed E-state index contributed by atoms with van der Waals surface area (Å²) in [4.78, 5) is 4.53. The number of aromatic hydroxyl groups is 3. The molecule has 0 aliphatic rings. The molecule has 3 aromatic rings. The van der Waals surface area contributed by atoms with Gasteiger partial charge in [-0.25, -0.2) is 0 Å². The van der Waals surface area contributed by atoms with Crippen molar-refractivity contribution in [3.63, 3.8) is 0 Å². The number of benzene rings is 3. The first-order chi connectivity index (χ1) is 12.6. The number of phenols is 3. The highest BCUT2D eigenvalue weighted by Crippen LogP contribution is 2.36. The molecule has 0 atom stereocenters. The van der Waals surface area contributed by atoms with Crippen molar-refractivity contribution in [3.8, 4) is 23.0 Å². The minimum atomic E-state index is -0.636. The van der Waals surface area contributed by atoms with Gasteiger partial charge in [0.25, 0.3) is 0 Å². The summed E-state index contributed by atoms with van der Waals surface area (Å²) in [6.45, 7) is 0. The fraction of sp³-hybridized carbons (Fsp3) is 0.0952. The second kappa shape index (κ2) is 7.61. The number of rotatable bonds is 5. The van der Waals surface area contributed by atoms with E-state index in [-0.39, 0.29) is 17.2 Å². The van der Waals surface area contributed by atoms with Gasteiger partial charge in [-0.15, -0.1) is 0 Å². The molecule has 132 valence electrons. The van der Waals surface area contributed by atoms with E-state index < -0.39 is 6.04 Å². The van der Waals surface area contributed by atoms with Gasteiger partial charge in [-0.05, 0) is 30.3 Å². The van der Waals surface area contributed by atoms with E-state index >= 15 is 0 Å². The fourth-order valence-electron chi connectivity index (χ4n) is 2.68. The first-order valence-corrected chi connectivity index (χ1v) is 8.06. The third-order valence-electron chi connectivity index (χ3n) is 4.06. The van der Waals surface area contributed by atoms with E-state index in [1.807, 2.05) is 0 Å². The Morgan fingerprint density at radius 3 is 1.92 bits per heavy atom. The molecule has 0 saturated carbocycles. The van der Waals surface area contributed by atoms with Crippen molar-refractivity contribution >= 4 is 6.21 Å². The van der Waals surface area contributed by atoms with Gasteiger partial charge in [0, 0.05) is 22.9 Å². The standard InChI is InChI=1S/C21H19NO4/c1-26-15-10-11-18(23)14(12-15)13-22-21(16-6-2-4-8-19(16)24)17-7-3-5-9-20(17)25/h2-13,21,23-25H,1H3/b22-13+. The largest absolute Gasteiger partial charge is 0.508 e. The van der Waals surface area contributed by atoms with Crippen LogP contribution in [-0.2, 0) is 0 Å². The molecule has 0 amide bonds. The lowest BCUT2D eigenvalue weighted by Crippen LogP contribution is -2.00. The zero-order valence-corrected chi connectivity index (χ0v) is 14.2. The highest BCUT2D eigenvalue weighted by Gasteiger charge is 2.19. The molecule has 0 unspecified atom stereocenters. The van der Waals surface area contributed by atoms with Crippen molar-refractivity contribution in [2.45, 2.75) is 6.04 Å². The Morgan fingerprint density at radius 1 is 0.808 bits per heavy atom. The Kier molecular flexibility index (Phi) is 5.08. The summed E-state index contributed by atoms with van der Waals surface area (Å²) >= 11 is 0. The number of hydrogen-bond acceptors (Lipinski definition) is 5. The van der Waals surface area contributed by atoms with Crippen LogP contribution in [0, 0.1) is 0 Å². The summed E-state index contributed by atoms with van der Waals surface area (Å²) in [7, 11) is 1.54. The maximum atomic E-state index is 10.2. The molecule has 0 aliphatic carbocycles. The van der Waals surface area contributed by atoms with Gasteiger partial charge in [0.15, 0.2) is 0 Å². The highest BCUT2D eigenvalue weighted by molar-refractivity contribution is 5.84. The van der Waals surface area contributed by atoms with Gasteiger partial charge in [-0.1, -0.05) is 36.4 Å². The Hall–Kier alpha value is -3.47. The van der Waals surface area contributed by atoms with Crippen molar-refractivity contribution in [1.82, 2.24) is 0 Å². The molecule has 5 nitrogen and oxygen atoms in total. The van der Waals surface area contributed by atoms with Crippen LogP contribution in [0.5, 0.6) is 23.0 Å². The summed E-state index contributed by atoms with van der Waals surface area (Å²) in [5, 5.41) is 30.5. The van der Waals surface area contributed by atoms with E-state index in [0.29, 0.717) is 22.4 Å². The van der Waals surface area contributed by atoms with Crippen LogP contribution in [0.1, 0.15) is 22.7 Å². The quantitative estimate of drug-likeness (QED) is 0.608. The Labute approximate surface area is 151 Å².